The van der Waals surface area contributed by atoms with Gasteiger partial charge in [-0.05, 0) is 30.7 Å². The maximum Gasteiger partial charge on any atom is 0.124 e. The number of benzene rings is 2. The molecule has 0 radical (unpaired) electrons. The summed E-state index contributed by atoms with van der Waals surface area (Å²) in [6.07, 6.45) is 1.71. The second-order valence-electron chi connectivity index (χ2n) is 4.07. The molecule has 18 heavy (non-hydrogen) atoms. The van der Waals surface area contributed by atoms with Gasteiger partial charge in [-0.15, -0.1) is 0 Å². The summed E-state index contributed by atoms with van der Waals surface area (Å²) in [5, 5.41) is 9.71. The Kier molecular flexibility index (Phi) is 4.15. The van der Waals surface area contributed by atoms with Crippen LogP contribution in [0.1, 0.15) is 24.1 Å². The highest BCUT2D eigenvalue weighted by molar-refractivity contribution is 9.10. The molecular weight excluding hydrogens is 290 g/mol. The standard InChI is InChI=1S/C15H14BrNO/c1-11(12-5-3-2-4-6-12)17-10-13-9-14(16)7-8-15(13)18/h2-11,18H,1H3/t11-/m1/s1. The van der Waals surface area contributed by atoms with Gasteiger partial charge in [0, 0.05) is 16.3 Å². The largest absolute Gasteiger partial charge is 0.507 e. The third-order valence-electron chi connectivity index (χ3n) is 2.71. The topological polar surface area (TPSA) is 32.6 Å². The number of halogens is 1. The molecule has 2 aromatic carbocycles. The van der Waals surface area contributed by atoms with Gasteiger partial charge in [-0.2, -0.15) is 0 Å². The summed E-state index contributed by atoms with van der Waals surface area (Å²) in [7, 11) is 0. The van der Waals surface area contributed by atoms with Gasteiger partial charge in [-0.25, -0.2) is 0 Å². The van der Waals surface area contributed by atoms with E-state index in [1.54, 1.807) is 18.3 Å². The van der Waals surface area contributed by atoms with E-state index in [0.717, 1.165) is 10.0 Å². The van der Waals surface area contributed by atoms with E-state index in [2.05, 4.69) is 20.9 Å². The van der Waals surface area contributed by atoms with Crippen LogP contribution in [0.4, 0.5) is 0 Å². The average Bonchev–Trinajstić information content (AvgIpc) is 2.40. The van der Waals surface area contributed by atoms with Crippen molar-refractivity contribution in [3.63, 3.8) is 0 Å². The van der Waals surface area contributed by atoms with E-state index >= 15 is 0 Å². The van der Waals surface area contributed by atoms with Gasteiger partial charge in [0.05, 0.1) is 6.04 Å². The van der Waals surface area contributed by atoms with Crippen LogP contribution in [-0.2, 0) is 0 Å². The Bertz CT molecular complexity index is 552. The molecule has 0 aliphatic heterocycles. The highest BCUT2D eigenvalue weighted by Gasteiger charge is 2.02. The Labute approximate surface area is 115 Å². The van der Waals surface area contributed by atoms with Crippen molar-refractivity contribution >= 4 is 22.1 Å². The number of rotatable bonds is 3. The third-order valence-corrected chi connectivity index (χ3v) is 3.20. The van der Waals surface area contributed by atoms with Gasteiger partial charge in [-0.3, -0.25) is 4.99 Å². The van der Waals surface area contributed by atoms with Crippen LogP contribution >= 0.6 is 15.9 Å². The number of phenolic OH excluding ortho intramolecular Hbond substituents is 1. The van der Waals surface area contributed by atoms with Crippen LogP contribution < -0.4 is 0 Å². The lowest BCUT2D eigenvalue weighted by Gasteiger charge is -2.06. The van der Waals surface area contributed by atoms with Crippen molar-refractivity contribution < 1.29 is 5.11 Å². The van der Waals surface area contributed by atoms with E-state index in [4.69, 9.17) is 0 Å². The first-order valence-corrected chi connectivity index (χ1v) is 6.53. The van der Waals surface area contributed by atoms with Crippen LogP contribution in [-0.4, -0.2) is 11.3 Å². The van der Waals surface area contributed by atoms with Crippen molar-refractivity contribution in [2.75, 3.05) is 0 Å². The van der Waals surface area contributed by atoms with Crippen molar-refractivity contribution in [2.45, 2.75) is 13.0 Å². The van der Waals surface area contributed by atoms with Crippen LogP contribution in [0.2, 0.25) is 0 Å². The first kappa shape index (κ1) is 12.8. The zero-order valence-electron chi connectivity index (χ0n) is 10.0. The number of phenols is 1. The van der Waals surface area contributed by atoms with Crippen LogP contribution in [0.5, 0.6) is 5.75 Å². The van der Waals surface area contributed by atoms with E-state index in [1.807, 2.05) is 43.3 Å². The van der Waals surface area contributed by atoms with E-state index in [1.165, 1.54) is 0 Å². The normalized spacial score (nSPS) is 12.8. The number of nitrogens with zero attached hydrogens (tertiary/aromatic N) is 1. The molecule has 2 nitrogen and oxygen atoms in total. The van der Waals surface area contributed by atoms with Gasteiger partial charge in [0.1, 0.15) is 5.75 Å². The Morgan fingerprint density at radius 3 is 2.61 bits per heavy atom. The molecular formula is C15H14BrNO. The molecule has 3 heteroatoms. The Morgan fingerprint density at radius 2 is 1.89 bits per heavy atom. The van der Waals surface area contributed by atoms with E-state index < -0.39 is 0 Å². The van der Waals surface area contributed by atoms with Crippen molar-refractivity contribution in [1.82, 2.24) is 0 Å². The Balaban J connectivity index is 2.18. The third kappa shape index (κ3) is 3.20. The predicted molar refractivity (Wildman–Crippen MR) is 78.3 cm³/mol. The minimum atomic E-state index is 0.0737. The summed E-state index contributed by atoms with van der Waals surface area (Å²) in [6.45, 7) is 2.03. The second kappa shape index (κ2) is 5.83. The maximum atomic E-state index is 9.71. The summed E-state index contributed by atoms with van der Waals surface area (Å²) in [4.78, 5) is 4.46. The molecule has 0 saturated heterocycles. The van der Waals surface area contributed by atoms with Gasteiger partial charge >= 0.3 is 0 Å². The van der Waals surface area contributed by atoms with Gasteiger partial charge < -0.3 is 5.11 Å². The summed E-state index contributed by atoms with van der Waals surface area (Å²) in [5.41, 5.74) is 1.87. The first-order chi connectivity index (χ1) is 8.66. The molecule has 1 N–H and O–H groups in total. The molecule has 0 aliphatic carbocycles. The number of aliphatic imine (C=N–C) groups is 1. The van der Waals surface area contributed by atoms with E-state index in [9.17, 15) is 5.11 Å². The van der Waals surface area contributed by atoms with Gasteiger partial charge in [0.25, 0.3) is 0 Å². The fourth-order valence-electron chi connectivity index (χ4n) is 1.64. The van der Waals surface area contributed by atoms with Crippen molar-refractivity contribution in [3.8, 4) is 5.75 Å². The molecule has 2 rings (SSSR count). The number of aromatic hydroxyl groups is 1. The molecule has 0 spiro atoms. The molecule has 0 fully saturated rings. The zero-order chi connectivity index (χ0) is 13.0. The molecule has 2 aromatic rings. The molecule has 0 amide bonds. The smallest absolute Gasteiger partial charge is 0.124 e. The molecule has 1 atom stereocenters. The lowest BCUT2D eigenvalue weighted by Crippen LogP contribution is -1.91. The van der Waals surface area contributed by atoms with Crippen LogP contribution in [0.15, 0.2) is 58.0 Å². The number of hydrogen-bond acceptors (Lipinski definition) is 2. The van der Waals surface area contributed by atoms with Crippen molar-refractivity contribution in [1.29, 1.82) is 0 Å². The van der Waals surface area contributed by atoms with Crippen LogP contribution in [0.25, 0.3) is 0 Å². The first-order valence-electron chi connectivity index (χ1n) is 5.73. The Hall–Kier alpha value is -1.61. The Morgan fingerprint density at radius 1 is 1.17 bits per heavy atom. The fourth-order valence-corrected chi connectivity index (χ4v) is 2.02. The summed E-state index contributed by atoms with van der Waals surface area (Å²) < 4.78 is 0.925. The van der Waals surface area contributed by atoms with Crippen molar-refractivity contribution in [2.24, 2.45) is 4.99 Å². The average molecular weight is 304 g/mol. The molecule has 0 unspecified atom stereocenters. The molecule has 92 valence electrons. The monoisotopic (exact) mass is 303 g/mol. The van der Waals surface area contributed by atoms with Crippen molar-refractivity contribution in [3.05, 3.63) is 64.1 Å². The molecule has 0 bridgehead atoms. The van der Waals surface area contributed by atoms with Crippen LogP contribution in [0.3, 0.4) is 0 Å². The maximum absolute atomic E-state index is 9.71. The highest BCUT2D eigenvalue weighted by atomic mass is 79.9. The van der Waals surface area contributed by atoms with Gasteiger partial charge in [0.2, 0.25) is 0 Å². The summed E-state index contributed by atoms with van der Waals surface area (Å²) in [6, 6.07) is 15.4. The molecule has 0 heterocycles. The highest BCUT2D eigenvalue weighted by Crippen LogP contribution is 2.21. The van der Waals surface area contributed by atoms with Crippen LogP contribution in [0, 0.1) is 0 Å². The lowest BCUT2D eigenvalue weighted by molar-refractivity contribution is 0.474. The van der Waals surface area contributed by atoms with Gasteiger partial charge in [-0.1, -0.05) is 46.3 Å². The SMILES string of the molecule is C[C@@H](N=Cc1cc(Br)ccc1O)c1ccccc1. The summed E-state index contributed by atoms with van der Waals surface area (Å²) >= 11 is 3.38. The second-order valence-corrected chi connectivity index (χ2v) is 4.98. The lowest BCUT2D eigenvalue weighted by atomic mass is 10.1. The summed E-state index contributed by atoms with van der Waals surface area (Å²) in [5.74, 6) is 0.238. The quantitative estimate of drug-likeness (QED) is 0.841. The van der Waals surface area contributed by atoms with Gasteiger partial charge in [0.15, 0.2) is 0 Å². The minimum Gasteiger partial charge on any atom is -0.507 e. The fraction of sp³-hybridized carbons (Fsp3) is 0.133. The number of hydrogen-bond donors (Lipinski definition) is 1. The molecule has 0 aliphatic rings. The molecule has 0 saturated carbocycles. The zero-order valence-corrected chi connectivity index (χ0v) is 11.6. The minimum absolute atomic E-state index is 0.0737. The predicted octanol–water partition coefficient (Wildman–Crippen LogP) is 4.33. The van der Waals surface area contributed by atoms with E-state index in [0.29, 0.717) is 5.56 Å². The molecule has 0 aromatic heterocycles. The van der Waals surface area contributed by atoms with E-state index in [-0.39, 0.29) is 11.8 Å².